The van der Waals surface area contributed by atoms with E-state index in [0.29, 0.717) is 6.54 Å². The molecule has 0 aliphatic carbocycles. The molecule has 0 atom stereocenters. The first-order valence-corrected chi connectivity index (χ1v) is 4.27. The second-order valence-electron chi connectivity index (χ2n) is 3.01. The lowest BCUT2D eigenvalue weighted by atomic mass is 10.4. The minimum atomic E-state index is 0.542. The lowest BCUT2D eigenvalue weighted by Gasteiger charge is -2.09. The number of nitrogens with zero attached hydrogens (tertiary/aromatic N) is 1. The molecule has 0 aliphatic heterocycles. The van der Waals surface area contributed by atoms with E-state index >= 15 is 0 Å². The average molecular weight is 158 g/mol. The average Bonchev–Trinajstić information content (AvgIpc) is 1.96. The van der Waals surface area contributed by atoms with Crippen LogP contribution in [0.25, 0.3) is 0 Å². The normalized spacial score (nSPS) is 10.9. The largest absolute Gasteiger partial charge is 0.317 e. The molecular formula is C8H20N3. The highest BCUT2D eigenvalue weighted by Crippen LogP contribution is 1.80. The molecule has 2 N–H and O–H groups in total. The quantitative estimate of drug-likeness (QED) is 0.538. The van der Waals surface area contributed by atoms with Crippen molar-refractivity contribution in [2.24, 2.45) is 0 Å². The first kappa shape index (κ1) is 10.9. The van der Waals surface area contributed by atoms with Gasteiger partial charge in [-0.15, -0.1) is 0 Å². The number of hydrogen-bond acceptors (Lipinski definition) is 2. The molecule has 0 heterocycles. The van der Waals surface area contributed by atoms with E-state index in [1.54, 1.807) is 0 Å². The predicted octanol–water partition coefficient (Wildman–Crippen LogP) is 0.201. The van der Waals surface area contributed by atoms with Crippen molar-refractivity contribution in [2.45, 2.75) is 12.8 Å². The van der Waals surface area contributed by atoms with Gasteiger partial charge >= 0.3 is 0 Å². The van der Waals surface area contributed by atoms with Crippen LogP contribution in [0.5, 0.6) is 0 Å². The van der Waals surface area contributed by atoms with Crippen LogP contribution in [0.3, 0.4) is 0 Å². The molecular weight excluding hydrogens is 138 g/mol. The van der Waals surface area contributed by atoms with Gasteiger partial charge in [0.2, 0.25) is 0 Å². The van der Waals surface area contributed by atoms with Crippen molar-refractivity contribution in [1.82, 2.24) is 16.0 Å². The fraction of sp³-hybridized carbons (Fsp3) is 1.00. The molecule has 0 aromatic carbocycles. The van der Waals surface area contributed by atoms with Gasteiger partial charge in [-0.25, -0.2) is 0 Å². The van der Waals surface area contributed by atoms with E-state index < -0.39 is 0 Å². The van der Waals surface area contributed by atoms with Gasteiger partial charge in [0, 0.05) is 6.54 Å². The summed E-state index contributed by atoms with van der Waals surface area (Å²) in [6.07, 6.45) is 2.17. The zero-order chi connectivity index (χ0) is 8.53. The first-order chi connectivity index (χ1) is 5.27. The van der Waals surface area contributed by atoms with Gasteiger partial charge in [0.1, 0.15) is 0 Å². The van der Waals surface area contributed by atoms with Gasteiger partial charge in [-0.05, 0) is 46.6 Å². The van der Waals surface area contributed by atoms with Crippen molar-refractivity contribution < 1.29 is 0 Å². The van der Waals surface area contributed by atoms with Crippen LogP contribution in [0, 0.1) is 0 Å². The van der Waals surface area contributed by atoms with Crippen molar-refractivity contribution in [1.29, 1.82) is 0 Å². The Morgan fingerprint density at radius 2 is 1.82 bits per heavy atom. The molecule has 0 unspecified atom stereocenters. The Bertz CT molecular complexity index is 73.7. The smallest absolute Gasteiger partial charge is 0.0112 e. The number of rotatable bonds is 7. The molecule has 0 bridgehead atoms. The Balaban J connectivity index is 2.80. The summed E-state index contributed by atoms with van der Waals surface area (Å²) >= 11 is 0. The molecule has 3 nitrogen and oxygen atoms in total. The highest BCUT2D eigenvalue weighted by atomic mass is 15.0. The van der Waals surface area contributed by atoms with Crippen LogP contribution in [0.1, 0.15) is 12.8 Å². The predicted molar refractivity (Wildman–Crippen MR) is 48.6 cm³/mol. The Kier molecular flexibility index (Phi) is 7.89. The maximum Gasteiger partial charge on any atom is 0.0112 e. The topological polar surface area (TPSA) is 39.1 Å². The van der Waals surface area contributed by atoms with Crippen molar-refractivity contribution in [3.8, 4) is 0 Å². The van der Waals surface area contributed by atoms with Crippen LogP contribution in [0.4, 0.5) is 0 Å². The minimum Gasteiger partial charge on any atom is -0.317 e. The third-order valence-electron chi connectivity index (χ3n) is 1.49. The third kappa shape index (κ3) is 9.88. The van der Waals surface area contributed by atoms with Crippen molar-refractivity contribution >= 4 is 0 Å². The van der Waals surface area contributed by atoms with Gasteiger partial charge in [-0.3, -0.25) is 5.73 Å². The standard InChI is InChI=1S/C8H20N3/c1-11(2)8-4-7-10-6-3-5-9/h9-10H,3-8H2,1-2H3. The van der Waals surface area contributed by atoms with Crippen LogP contribution < -0.4 is 11.1 Å². The number of hydrogen-bond donors (Lipinski definition) is 1. The van der Waals surface area contributed by atoms with E-state index in [1.807, 2.05) is 0 Å². The van der Waals surface area contributed by atoms with Gasteiger partial charge in [0.25, 0.3) is 0 Å². The van der Waals surface area contributed by atoms with Crippen LogP contribution >= 0.6 is 0 Å². The summed E-state index contributed by atoms with van der Waals surface area (Å²) in [5.74, 6) is 0. The molecule has 0 amide bonds. The van der Waals surface area contributed by atoms with Crippen molar-refractivity contribution in [2.75, 3.05) is 40.3 Å². The van der Waals surface area contributed by atoms with E-state index in [9.17, 15) is 0 Å². The summed E-state index contributed by atoms with van der Waals surface area (Å²) < 4.78 is 0. The SMILES string of the molecule is CN(C)CCCNCCC[NH]. The summed E-state index contributed by atoms with van der Waals surface area (Å²) in [7, 11) is 4.17. The zero-order valence-corrected chi connectivity index (χ0v) is 7.69. The Hall–Kier alpha value is -0.120. The summed E-state index contributed by atoms with van der Waals surface area (Å²) in [6, 6.07) is 0. The van der Waals surface area contributed by atoms with E-state index in [0.717, 1.165) is 26.1 Å². The molecule has 0 fully saturated rings. The molecule has 0 rings (SSSR count). The van der Waals surface area contributed by atoms with Crippen LogP contribution in [-0.2, 0) is 0 Å². The highest BCUT2D eigenvalue weighted by molar-refractivity contribution is 4.50. The summed E-state index contributed by atoms with van der Waals surface area (Å²) in [6.45, 7) is 3.77. The highest BCUT2D eigenvalue weighted by Gasteiger charge is 1.89. The van der Waals surface area contributed by atoms with Gasteiger partial charge in [-0.1, -0.05) is 0 Å². The van der Waals surface area contributed by atoms with Crippen molar-refractivity contribution in [3.05, 3.63) is 0 Å². The van der Waals surface area contributed by atoms with Gasteiger partial charge in [0.15, 0.2) is 0 Å². The molecule has 67 valence electrons. The molecule has 3 heteroatoms. The van der Waals surface area contributed by atoms with Crippen LogP contribution in [0.15, 0.2) is 0 Å². The molecule has 0 aliphatic rings. The van der Waals surface area contributed by atoms with Crippen LogP contribution in [-0.4, -0.2) is 45.2 Å². The lowest BCUT2D eigenvalue weighted by Crippen LogP contribution is -2.22. The van der Waals surface area contributed by atoms with E-state index in [1.165, 1.54) is 6.42 Å². The summed E-state index contributed by atoms with van der Waals surface area (Å²) in [4.78, 5) is 2.19. The Morgan fingerprint density at radius 1 is 1.18 bits per heavy atom. The van der Waals surface area contributed by atoms with Gasteiger partial charge < -0.3 is 10.2 Å². The second kappa shape index (κ2) is 7.98. The second-order valence-corrected chi connectivity index (χ2v) is 3.01. The molecule has 0 aromatic heterocycles. The Labute approximate surface area is 69.9 Å². The monoisotopic (exact) mass is 158 g/mol. The molecule has 1 radical (unpaired) electrons. The minimum absolute atomic E-state index is 0.542. The maximum atomic E-state index is 6.90. The summed E-state index contributed by atoms with van der Waals surface area (Å²) in [5.41, 5.74) is 6.90. The van der Waals surface area contributed by atoms with E-state index in [-0.39, 0.29) is 0 Å². The van der Waals surface area contributed by atoms with Gasteiger partial charge in [0.05, 0.1) is 0 Å². The molecule has 11 heavy (non-hydrogen) atoms. The van der Waals surface area contributed by atoms with E-state index in [4.69, 9.17) is 5.73 Å². The summed E-state index contributed by atoms with van der Waals surface area (Å²) in [5, 5.41) is 3.30. The fourth-order valence-corrected chi connectivity index (χ4v) is 0.859. The molecule has 0 aromatic rings. The molecule has 0 saturated carbocycles. The molecule has 0 saturated heterocycles. The maximum absolute atomic E-state index is 6.90. The molecule has 0 spiro atoms. The lowest BCUT2D eigenvalue weighted by molar-refractivity contribution is 0.394. The van der Waals surface area contributed by atoms with Crippen LogP contribution in [0.2, 0.25) is 0 Å². The zero-order valence-electron chi connectivity index (χ0n) is 7.69. The Morgan fingerprint density at radius 3 is 2.36 bits per heavy atom. The first-order valence-electron chi connectivity index (χ1n) is 4.27. The van der Waals surface area contributed by atoms with Gasteiger partial charge in [-0.2, -0.15) is 0 Å². The number of nitrogens with one attached hydrogen (secondary N) is 2. The van der Waals surface area contributed by atoms with E-state index in [2.05, 4.69) is 24.3 Å². The van der Waals surface area contributed by atoms with Crippen molar-refractivity contribution in [3.63, 3.8) is 0 Å². The third-order valence-corrected chi connectivity index (χ3v) is 1.49. The fourth-order valence-electron chi connectivity index (χ4n) is 0.859.